The number of allylic oxidation sites excluding steroid dienone is 1. The third-order valence-electron chi connectivity index (χ3n) is 6.08. The largest absolute Gasteiger partial charge is 0.497 e. The molecule has 0 N–H and O–H groups in total. The Balaban J connectivity index is 1.57. The first-order valence-electron chi connectivity index (χ1n) is 11.4. The molecule has 1 aliphatic carbocycles. The standard InChI is InChI=1S/C28H31F3O3/c1-5-33-19(3)16-26(29)18(2)17-34-23-12-8-21(9-13-23)25-15-14-24(27(30)28(25)31)20-6-10-22(32-4)11-7-20/h6-7,10-11,14-16,21,23H,2-3,5,8-9,12-13,17H2,1,4H3/b26-16+. The van der Waals surface area contributed by atoms with Gasteiger partial charge in [0.1, 0.15) is 17.3 Å². The van der Waals surface area contributed by atoms with E-state index in [0.29, 0.717) is 49.2 Å². The van der Waals surface area contributed by atoms with Crippen LogP contribution in [0.25, 0.3) is 11.1 Å². The Kier molecular flexibility index (Phi) is 8.99. The van der Waals surface area contributed by atoms with Gasteiger partial charge in [-0.05, 0) is 61.8 Å². The Morgan fingerprint density at radius 3 is 2.29 bits per heavy atom. The van der Waals surface area contributed by atoms with Crippen molar-refractivity contribution in [2.24, 2.45) is 0 Å². The lowest BCUT2D eigenvalue weighted by Gasteiger charge is -2.29. The van der Waals surface area contributed by atoms with E-state index in [1.54, 1.807) is 50.4 Å². The molecule has 0 heterocycles. The molecule has 1 aliphatic rings. The van der Waals surface area contributed by atoms with Crippen molar-refractivity contribution < 1.29 is 27.4 Å². The maximum atomic E-state index is 15.0. The van der Waals surface area contributed by atoms with Gasteiger partial charge in [0.05, 0.1) is 26.4 Å². The van der Waals surface area contributed by atoms with Crippen LogP contribution in [-0.2, 0) is 9.47 Å². The minimum Gasteiger partial charge on any atom is -0.497 e. The van der Waals surface area contributed by atoms with Crippen LogP contribution in [0.3, 0.4) is 0 Å². The van der Waals surface area contributed by atoms with E-state index < -0.39 is 17.5 Å². The second-order valence-electron chi connectivity index (χ2n) is 8.34. The number of benzene rings is 2. The molecule has 0 atom stereocenters. The number of rotatable bonds is 10. The molecule has 0 saturated heterocycles. The molecule has 1 fully saturated rings. The van der Waals surface area contributed by atoms with Crippen molar-refractivity contribution in [3.63, 3.8) is 0 Å². The van der Waals surface area contributed by atoms with Gasteiger partial charge in [0, 0.05) is 17.2 Å². The van der Waals surface area contributed by atoms with E-state index in [2.05, 4.69) is 13.2 Å². The highest BCUT2D eigenvalue weighted by Crippen LogP contribution is 2.38. The first kappa shape index (κ1) is 25.6. The van der Waals surface area contributed by atoms with Crippen LogP contribution in [0.1, 0.15) is 44.1 Å². The number of halogens is 3. The zero-order chi connectivity index (χ0) is 24.7. The summed E-state index contributed by atoms with van der Waals surface area (Å²) in [6.07, 6.45) is 3.79. The average Bonchev–Trinajstić information content (AvgIpc) is 2.85. The van der Waals surface area contributed by atoms with Crippen molar-refractivity contribution in [1.82, 2.24) is 0 Å². The van der Waals surface area contributed by atoms with Gasteiger partial charge < -0.3 is 14.2 Å². The van der Waals surface area contributed by atoms with E-state index in [9.17, 15) is 13.2 Å². The molecule has 2 aromatic carbocycles. The lowest BCUT2D eigenvalue weighted by Crippen LogP contribution is -2.22. The number of ether oxygens (including phenoxy) is 3. The topological polar surface area (TPSA) is 27.7 Å². The average molecular weight is 473 g/mol. The van der Waals surface area contributed by atoms with Gasteiger partial charge in [0.25, 0.3) is 0 Å². The Morgan fingerprint density at radius 1 is 1.00 bits per heavy atom. The highest BCUT2D eigenvalue weighted by molar-refractivity contribution is 5.65. The van der Waals surface area contributed by atoms with Crippen LogP contribution in [0.15, 0.2) is 72.8 Å². The summed E-state index contributed by atoms with van der Waals surface area (Å²) < 4.78 is 60.0. The lowest BCUT2D eigenvalue weighted by molar-refractivity contribution is 0.0382. The van der Waals surface area contributed by atoms with Crippen molar-refractivity contribution in [2.75, 3.05) is 20.3 Å². The van der Waals surface area contributed by atoms with Crippen molar-refractivity contribution >= 4 is 0 Å². The summed E-state index contributed by atoms with van der Waals surface area (Å²) in [7, 11) is 1.55. The zero-order valence-corrected chi connectivity index (χ0v) is 19.7. The van der Waals surface area contributed by atoms with Gasteiger partial charge in [0.15, 0.2) is 11.6 Å². The fourth-order valence-electron chi connectivity index (χ4n) is 4.17. The molecule has 3 rings (SSSR count). The van der Waals surface area contributed by atoms with Crippen LogP contribution < -0.4 is 4.74 Å². The summed E-state index contributed by atoms with van der Waals surface area (Å²) >= 11 is 0. The summed E-state index contributed by atoms with van der Waals surface area (Å²) in [5, 5.41) is 0. The second kappa shape index (κ2) is 11.9. The number of methoxy groups -OCH3 is 1. The molecule has 0 spiro atoms. The summed E-state index contributed by atoms with van der Waals surface area (Å²) in [5.74, 6) is -1.37. The van der Waals surface area contributed by atoms with Gasteiger partial charge >= 0.3 is 0 Å². The number of hydrogen-bond acceptors (Lipinski definition) is 3. The molecular formula is C28H31F3O3. The maximum Gasteiger partial charge on any atom is 0.166 e. The molecule has 0 amide bonds. The maximum absolute atomic E-state index is 15.0. The Bertz CT molecular complexity index is 1040. The second-order valence-corrected chi connectivity index (χ2v) is 8.34. The fourth-order valence-corrected chi connectivity index (χ4v) is 4.17. The van der Waals surface area contributed by atoms with E-state index in [4.69, 9.17) is 14.2 Å². The van der Waals surface area contributed by atoms with Crippen LogP contribution in [0, 0.1) is 11.6 Å². The molecule has 6 heteroatoms. The molecular weight excluding hydrogens is 441 g/mol. The minimum absolute atomic E-state index is 0.0522. The van der Waals surface area contributed by atoms with Crippen LogP contribution in [0.2, 0.25) is 0 Å². The fraction of sp³-hybridized carbons (Fsp3) is 0.357. The summed E-state index contributed by atoms with van der Waals surface area (Å²) in [4.78, 5) is 0. The molecule has 2 aromatic rings. The summed E-state index contributed by atoms with van der Waals surface area (Å²) in [5.41, 5.74) is 1.42. The van der Waals surface area contributed by atoms with Crippen LogP contribution >= 0.6 is 0 Å². The molecule has 0 aliphatic heterocycles. The first-order chi connectivity index (χ1) is 16.3. The van der Waals surface area contributed by atoms with Crippen molar-refractivity contribution in [2.45, 2.75) is 44.6 Å². The van der Waals surface area contributed by atoms with E-state index in [-0.39, 0.29) is 35.5 Å². The van der Waals surface area contributed by atoms with Crippen LogP contribution in [0.5, 0.6) is 5.75 Å². The summed E-state index contributed by atoms with van der Waals surface area (Å²) in [6, 6.07) is 10.2. The predicted octanol–water partition coefficient (Wildman–Crippen LogP) is 7.64. The first-order valence-corrected chi connectivity index (χ1v) is 11.4. The van der Waals surface area contributed by atoms with E-state index in [0.717, 1.165) is 0 Å². The molecule has 0 bridgehead atoms. The van der Waals surface area contributed by atoms with Gasteiger partial charge in [-0.1, -0.05) is 37.4 Å². The molecule has 0 radical (unpaired) electrons. The SMILES string of the molecule is C=C(/C=C(/F)C(=C)COC1CCC(c2ccc(-c3ccc(OC)cc3)c(F)c2F)CC1)OCC. The Morgan fingerprint density at radius 2 is 1.68 bits per heavy atom. The summed E-state index contributed by atoms with van der Waals surface area (Å²) in [6.45, 7) is 9.58. The quantitative estimate of drug-likeness (QED) is 0.263. The van der Waals surface area contributed by atoms with E-state index in [1.807, 2.05) is 0 Å². The van der Waals surface area contributed by atoms with Gasteiger partial charge in [-0.2, -0.15) is 0 Å². The normalized spacial score (nSPS) is 18.4. The van der Waals surface area contributed by atoms with Crippen molar-refractivity contribution in [3.05, 3.63) is 90.0 Å². The van der Waals surface area contributed by atoms with Gasteiger partial charge in [0.2, 0.25) is 0 Å². The third kappa shape index (κ3) is 6.32. The van der Waals surface area contributed by atoms with Crippen molar-refractivity contribution in [1.29, 1.82) is 0 Å². The van der Waals surface area contributed by atoms with Gasteiger partial charge in [-0.15, -0.1) is 0 Å². The van der Waals surface area contributed by atoms with Gasteiger partial charge in [-0.25, -0.2) is 13.2 Å². The van der Waals surface area contributed by atoms with E-state index in [1.165, 1.54) is 6.08 Å². The third-order valence-corrected chi connectivity index (χ3v) is 6.08. The molecule has 182 valence electrons. The smallest absolute Gasteiger partial charge is 0.166 e. The van der Waals surface area contributed by atoms with Crippen molar-refractivity contribution in [3.8, 4) is 16.9 Å². The molecule has 0 aromatic heterocycles. The van der Waals surface area contributed by atoms with Crippen LogP contribution in [0.4, 0.5) is 13.2 Å². The monoisotopic (exact) mass is 472 g/mol. The van der Waals surface area contributed by atoms with E-state index >= 15 is 0 Å². The van der Waals surface area contributed by atoms with Gasteiger partial charge in [-0.3, -0.25) is 0 Å². The molecule has 3 nitrogen and oxygen atoms in total. The predicted molar refractivity (Wildman–Crippen MR) is 128 cm³/mol. The highest BCUT2D eigenvalue weighted by atomic mass is 19.2. The zero-order valence-electron chi connectivity index (χ0n) is 19.7. The lowest BCUT2D eigenvalue weighted by atomic mass is 9.82. The van der Waals surface area contributed by atoms with Crippen LogP contribution in [-0.4, -0.2) is 26.4 Å². The molecule has 0 unspecified atom stereocenters. The minimum atomic E-state index is -0.840. The Hall–Kier alpha value is -2.99. The highest BCUT2D eigenvalue weighted by Gasteiger charge is 2.27. The Labute approximate surface area is 199 Å². The number of hydrogen-bond donors (Lipinski definition) is 0. The molecule has 34 heavy (non-hydrogen) atoms. The molecule has 1 saturated carbocycles.